The van der Waals surface area contributed by atoms with Crippen molar-refractivity contribution in [1.82, 2.24) is 0 Å². The van der Waals surface area contributed by atoms with Crippen LogP contribution in [0, 0.1) is 20.8 Å². The minimum Gasteiger partial charge on any atom is -0.481 e. The lowest BCUT2D eigenvalue weighted by molar-refractivity contribution is 0.292. The third-order valence-electron chi connectivity index (χ3n) is 6.65. The zero-order valence-electron chi connectivity index (χ0n) is 31.0. The van der Waals surface area contributed by atoms with Crippen molar-refractivity contribution in [3.8, 4) is 5.75 Å². The Morgan fingerprint density at radius 2 is 0.750 bits per heavy atom. The van der Waals surface area contributed by atoms with Gasteiger partial charge in [0.15, 0.2) is 0 Å². The Labute approximate surface area is 273 Å². The predicted octanol–water partition coefficient (Wildman–Crippen LogP) is 13.3. The normalized spacial score (nSPS) is 12.4. The van der Waals surface area contributed by atoms with Gasteiger partial charge in [-0.25, -0.2) is 0 Å². The number of hydrogen-bond acceptors (Lipinski definition) is 1. The molecule has 0 aliphatic heterocycles. The summed E-state index contributed by atoms with van der Waals surface area (Å²) in [5.41, 5.74) is 15.9. The van der Waals surface area contributed by atoms with E-state index in [0.717, 1.165) is 12.2 Å². The van der Waals surface area contributed by atoms with Crippen molar-refractivity contribution in [1.29, 1.82) is 0 Å². The lowest BCUT2D eigenvalue weighted by atomic mass is 10.2. The van der Waals surface area contributed by atoms with Gasteiger partial charge in [-0.3, -0.25) is 0 Å². The number of ether oxygens (including phenoxy) is 1. The molecule has 1 heteroatoms. The molecule has 0 fully saturated rings. The van der Waals surface area contributed by atoms with Gasteiger partial charge in [0.1, 0.15) is 11.9 Å². The Bertz CT molecular complexity index is 1310. The molecule has 0 saturated heterocycles. The number of rotatable bonds is 2. The Kier molecular flexibility index (Phi) is 20.6. The molecule has 0 heterocycles. The van der Waals surface area contributed by atoms with Crippen LogP contribution in [-0.4, -0.2) is 0 Å². The summed E-state index contributed by atoms with van der Waals surface area (Å²) in [6.07, 6.45) is 3.85. The van der Waals surface area contributed by atoms with Crippen LogP contribution in [0.3, 0.4) is 0 Å². The molecule has 1 atom stereocenters. The fraction of sp³-hybridized carbons (Fsp3) is 0.442. The standard InChI is InChI=1S/C15H12O.2C8H8.6C2H6/c1-9-2-5-13-14(6-9)15(13)16-12-4-3-10-7-11(10)8-12;2*1-6-2-3-7-5-8(7)4-6;6*1-2/h2-6,8,15H,7H2,1H3;2*2-4H,5H2,1H3;6*1-2H3. The van der Waals surface area contributed by atoms with Gasteiger partial charge in [0, 0.05) is 11.1 Å². The van der Waals surface area contributed by atoms with E-state index in [-0.39, 0.29) is 6.10 Å². The van der Waals surface area contributed by atoms with E-state index < -0.39 is 0 Å². The molecule has 1 nitrogen and oxygen atoms in total. The van der Waals surface area contributed by atoms with Gasteiger partial charge < -0.3 is 4.74 Å². The second kappa shape index (κ2) is 22.2. The summed E-state index contributed by atoms with van der Waals surface area (Å²) in [4.78, 5) is 0. The predicted molar refractivity (Wildman–Crippen MR) is 199 cm³/mol. The molecule has 8 rings (SSSR count). The minimum atomic E-state index is 0.213. The first-order chi connectivity index (χ1) is 21.5. The third-order valence-corrected chi connectivity index (χ3v) is 6.65. The molecule has 0 amide bonds. The first kappa shape index (κ1) is 40.7. The molecule has 242 valence electrons. The van der Waals surface area contributed by atoms with Crippen LogP contribution in [0.5, 0.6) is 5.75 Å². The molecule has 0 radical (unpaired) electrons. The molecule has 4 aliphatic rings. The second-order valence-corrected chi connectivity index (χ2v) is 9.64. The number of aryl methyl sites for hydroxylation is 3. The summed E-state index contributed by atoms with van der Waals surface area (Å²) in [5, 5.41) is 0. The van der Waals surface area contributed by atoms with Gasteiger partial charge >= 0.3 is 0 Å². The van der Waals surface area contributed by atoms with Gasteiger partial charge in [-0.05, 0) is 85.5 Å². The maximum Gasteiger partial charge on any atom is 0.150 e. The van der Waals surface area contributed by atoms with Crippen LogP contribution in [-0.2, 0) is 19.3 Å². The Morgan fingerprint density at radius 3 is 1.11 bits per heavy atom. The summed E-state index contributed by atoms with van der Waals surface area (Å²) in [5.74, 6) is 1.01. The lowest BCUT2D eigenvalue weighted by Crippen LogP contribution is -1.89. The van der Waals surface area contributed by atoms with Gasteiger partial charge in [0.25, 0.3) is 0 Å². The van der Waals surface area contributed by atoms with Gasteiger partial charge in [-0.15, -0.1) is 0 Å². The van der Waals surface area contributed by atoms with Crippen LogP contribution < -0.4 is 4.74 Å². The van der Waals surface area contributed by atoms with Gasteiger partial charge in [0.2, 0.25) is 0 Å². The van der Waals surface area contributed by atoms with E-state index in [1.165, 1.54) is 62.9 Å². The molecule has 0 saturated carbocycles. The lowest BCUT2D eigenvalue weighted by Gasteiger charge is -2.02. The highest BCUT2D eigenvalue weighted by molar-refractivity contribution is 5.54. The van der Waals surface area contributed by atoms with E-state index >= 15 is 0 Å². The summed E-state index contributed by atoms with van der Waals surface area (Å²) in [6.45, 7) is 30.4. The topological polar surface area (TPSA) is 9.23 Å². The number of benzene rings is 4. The highest BCUT2D eigenvalue weighted by Crippen LogP contribution is 2.45. The van der Waals surface area contributed by atoms with E-state index in [9.17, 15) is 0 Å². The summed E-state index contributed by atoms with van der Waals surface area (Å²) in [6, 6.07) is 26.2. The fourth-order valence-corrected chi connectivity index (χ4v) is 4.35. The molecule has 0 spiro atoms. The molecular formula is C43H64O. The van der Waals surface area contributed by atoms with Crippen molar-refractivity contribution in [2.45, 2.75) is 129 Å². The largest absolute Gasteiger partial charge is 0.481 e. The molecule has 1 unspecified atom stereocenters. The van der Waals surface area contributed by atoms with Gasteiger partial charge in [-0.2, -0.15) is 0 Å². The molecule has 4 aliphatic carbocycles. The highest BCUT2D eigenvalue weighted by atomic mass is 16.5. The van der Waals surface area contributed by atoms with Crippen LogP contribution >= 0.6 is 0 Å². The smallest absolute Gasteiger partial charge is 0.150 e. The molecule has 4 aromatic carbocycles. The summed E-state index contributed by atoms with van der Waals surface area (Å²) in [7, 11) is 0. The van der Waals surface area contributed by atoms with Crippen molar-refractivity contribution in [2.24, 2.45) is 0 Å². The molecule has 0 N–H and O–H groups in total. The maximum absolute atomic E-state index is 5.96. The van der Waals surface area contributed by atoms with Crippen LogP contribution in [0.4, 0.5) is 0 Å². The van der Waals surface area contributed by atoms with Crippen LogP contribution in [0.15, 0.2) is 72.8 Å². The molecule has 4 aromatic rings. The minimum absolute atomic E-state index is 0.213. The number of fused-ring (bicyclic) bond motifs is 4. The van der Waals surface area contributed by atoms with Gasteiger partial charge in [0.05, 0.1) is 0 Å². The van der Waals surface area contributed by atoms with Crippen molar-refractivity contribution in [3.63, 3.8) is 0 Å². The van der Waals surface area contributed by atoms with E-state index in [0.29, 0.717) is 0 Å². The van der Waals surface area contributed by atoms with Crippen molar-refractivity contribution >= 4 is 0 Å². The third kappa shape index (κ3) is 13.1. The molecular weight excluding hydrogens is 532 g/mol. The van der Waals surface area contributed by atoms with Crippen LogP contribution in [0.1, 0.15) is 150 Å². The molecule has 0 bridgehead atoms. The Hall–Kier alpha value is -3.32. The SMILES string of the molecule is CC.CC.CC.CC.CC.CC.Cc1ccc2c(c1)C2.Cc1ccc2c(c1)C2.Cc1ccc2c(c1)C2Oc1ccc2c(c1)C2. The van der Waals surface area contributed by atoms with E-state index in [1.807, 2.05) is 83.1 Å². The van der Waals surface area contributed by atoms with Crippen molar-refractivity contribution in [3.05, 3.63) is 134 Å². The summed E-state index contributed by atoms with van der Waals surface area (Å²) < 4.78 is 5.96. The van der Waals surface area contributed by atoms with E-state index in [2.05, 4.69) is 93.6 Å². The zero-order chi connectivity index (χ0) is 33.8. The summed E-state index contributed by atoms with van der Waals surface area (Å²) >= 11 is 0. The van der Waals surface area contributed by atoms with E-state index in [4.69, 9.17) is 4.74 Å². The monoisotopic (exact) mass is 596 g/mol. The van der Waals surface area contributed by atoms with Crippen molar-refractivity contribution < 1.29 is 4.74 Å². The molecule has 0 aromatic heterocycles. The fourth-order valence-electron chi connectivity index (χ4n) is 4.35. The highest BCUT2D eigenvalue weighted by Gasteiger charge is 2.35. The Balaban J connectivity index is 0.000000568. The van der Waals surface area contributed by atoms with Crippen LogP contribution in [0.2, 0.25) is 0 Å². The van der Waals surface area contributed by atoms with Crippen molar-refractivity contribution in [2.75, 3.05) is 0 Å². The maximum atomic E-state index is 5.96. The molecule has 44 heavy (non-hydrogen) atoms. The van der Waals surface area contributed by atoms with E-state index in [1.54, 1.807) is 11.1 Å². The average Bonchev–Trinajstić information content (AvgIpc) is 3.91. The average molecular weight is 597 g/mol. The van der Waals surface area contributed by atoms with Gasteiger partial charge in [-0.1, -0.05) is 160 Å². The first-order valence-corrected chi connectivity index (χ1v) is 17.6. The quantitative estimate of drug-likeness (QED) is 0.193. The first-order valence-electron chi connectivity index (χ1n) is 17.6. The zero-order valence-corrected chi connectivity index (χ0v) is 31.0. The second-order valence-electron chi connectivity index (χ2n) is 9.64. The number of hydrogen-bond donors (Lipinski definition) is 0. The Morgan fingerprint density at radius 1 is 0.386 bits per heavy atom. The van der Waals surface area contributed by atoms with Crippen LogP contribution in [0.25, 0.3) is 0 Å².